The lowest BCUT2D eigenvalue weighted by molar-refractivity contribution is 0.112. The van der Waals surface area contributed by atoms with E-state index >= 15 is 0 Å². The van der Waals surface area contributed by atoms with Gasteiger partial charge in [-0.15, -0.1) is 34.4 Å². The van der Waals surface area contributed by atoms with Crippen LogP contribution >= 0.6 is 34.4 Å². The van der Waals surface area contributed by atoms with Crippen molar-refractivity contribution in [2.24, 2.45) is 0 Å². The van der Waals surface area contributed by atoms with E-state index in [0.29, 0.717) is 0 Å². The van der Waals surface area contributed by atoms with Crippen molar-refractivity contribution < 1.29 is 4.79 Å². The number of hydrogen-bond acceptors (Lipinski definition) is 4. The van der Waals surface area contributed by atoms with Gasteiger partial charge in [0, 0.05) is 20.9 Å². The molecule has 1 nitrogen and oxygen atoms in total. The Morgan fingerprint density at radius 3 is 2.53 bits per heavy atom. The molecule has 0 aromatic carbocycles. The number of thiophene rings is 2. The van der Waals surface area contributed by atoms with Gasteiger partial charge in [0.2, 0.25) is 0 Å². The van der Waals surface area contributed by atoms with Crippen molar-refractivity contribution >= 4 is 40.7 Å². The molecule has 0 saturated heterocycles. The van der Waals surface area contributed by atoms with E-state index in [4.69, 9.17) is 0 Å². The van der Waals surface area contributed by atoms with Crippen LogP contribution in [0.5, 0.6) is 0 Å². The zero-order valence-corrected chi connectivity index (χ0v) is 13.9. The zero-order valence-electron chi connectivity index (χ0n) is 11.5. The van der Waals surface area contributed by atoms with E-state index in [9.17, 15) is 4.79 Å². The highest BCUT2D eigenvalue weighted by Gasteiger charge is 2.15. The fourth-order valence-corrected chi connectivity index (χ4v) is 5.35. The molecule has 0 fully saturated rings. The maximum atomic E-state index is 11.2. The molecule has 0 saturated carbocycles. The normalized spacial score (nSPS) is 10.9. The van der Waals surface area contributed by atoms with Crippen molar-refractivity contribution in [3.8, 4) is 11.1 Å². The number of aldehydes is 1. The molecular formula is C15H18OS3. The lowest BCUT2D eigenvalue weighted by Gasteiger charge is -2.02. The van der Waals surface area contributed by atoms with Gasteiger partial charge in [0.25, 0.3) is 0 Å². The molecule has 0 spiro atoms. The number of carbonyl (C=O) groups is 1. The van der Waals surface area contributed by atoms with Crippen LogP contribution in [0.15, 0.2) is 16.3 Å². The Morgan fingerprint density at radius 2 is 1.84 bits per heavy atom. The molecule has 4 heteroatoms. The van der Waals surface area contributed by atoms with Crippen molar-refractivity contribution in [1.29, 1.82) is 0 Å². The molecule has 0 amide bonds. The largest absolute Gasteiger partial charge is 0.297 e. The second-order valence-electron chi connectivity index (χ2n) is 4.51. The highest BCUT2D eigenvalue weighted by molar-refractivity contribution is 8.01. The summed E-state index contributed by atoms with van der Waals surface area (Å²) in [5.74, 6) is 1.16. The molecule has 2 aromatic rings. The SMILES string of the molecule is CCCCSc1sc(C)cc1-c1cc(C)sc1C=O. The Bertz CT molecular complexity index is 566. The van der Waals surface area contributed by atoms with Crippen LogP contribution in [-0.2, 0) is 0 Å². The molecule has 2 rings (SSSR count). The van der Waals surface area contributed by atoms with Gasteiger partial charge in [-0.05, 0) is 38.2 Å². The summed E-state index contributed by atoms with van der Waals surface area (Å²) in [6.45, 7) is 6.41. The van der Waals surface area contributed by atoms with E-state index < -0.39 is 0 Å². The van der Waals surface area contributed by atoms with E-state index in [1.165, 1.54) is 32.4 Å². The minimum atomic E-state index is 0.854. The maximum absolute atomic E-state index is 11.2. The summed E-state index contributed by atoms with van der Waals surface area (Å²) in [5, 5.41) is 0. The number of thioether (sulfide) groups is 1. The molecule has 0 atom stereocenters. The Morgan fingerprint density at radius 1 is 1.16 bits per heavy atom. The fraction of sp³-hybridized carbons (Fsp3) is 0.400. The highest BCUT2D eigenvalue weighted by atomic mass is 32.2. The summed E-state index contributed by atoms with van der Waals surface area (Å²) in [6.07, 6.45) is 3.45. The molecule has 0 aliphatic rings. The second kappa shape index (κ2) is 6.73. The third kappa shape index (κ3) is 3.50. The quantitative estimate of drug-likeness (QED) is 0.381. The zero-order chi connectivity index (χ0) is 13.8. The Labute approximate surface area is 127 Å². The second-order valence-corrected chi connectivity index (χ2v) is 8.42. The molecule has 2 heterocycles. The molecule has 0 N–H and O–H groups in total. The molecule has 2 aromatic heterocycles. The van der Waals surface area contributed by atoms with Crippen LogP contribution in [0.25, 0.3) is 11.1 Å². The van der Waals surface area contributed by atoms with E-state index in [2.05, 4.69) is 32.9 Å². The number of rotatable bonds is 6. The summed E-state index contributed by atoms with van der Waals surface area (Å²) in [7, 11) is 0. The van der Waals surface area contributed by atoms with Gasteiger partial charge in [0.1, 0.15) is 0 Å². The lowest BCUT2D eigenvalue weighted by Crippen LogP contribution is -1.81. The third-order valence-electron chi connectivity index (χ3n) is 2.83. The van der Waals surface area contributed by atoms with E-state index in [-0.39, 0.29) is 0 Å². The van der Waals surface area contributed by atoms with Gasteiger partial charge in [-0.1, -0.05) is 13.3 Å². The molecule has 0 bridgehead atoms. The molecule has 0 aliphatic carbocycles. The van der Waals surface area contributed by atoms with Crippen molar-refractivity contribution in [1.82, 2.24) is 0 Å². The number of carbonyl (C=O) groups excluding carboxylic acids is 1. The molecule has 0 aliphatic heterocycles. The predicted octanol–water partition coefficient (Wildman–Crippen LogP) is 5.80. The van der Waals surface area contributed by atoms with Crippen LogP contribution in [0, 0.1) is 13.8 Å². The maximum Gasteiger partial charge on any atom is 0.160 e. The van der Waals surface area contributed by atoms with Gasteiger partial charge >= 0.3 is 0 Å². The first-order valence-electron chi connectivity index (χ1n) is 6.45. The van der Waals surface area contributed by atoms with Gasteiger partial charge in [-0.2, -0.15) is 0 Å². The van der Waals surface area contributed by atoms with E-state index in [0.717, 1.165) is 22.5 Å². The topological polar surface area (TPSA) is 17.1 Å². The average Bonchev–Trinajstić information content (AvgIpc) is 2.92. The first-order valence-corrected chi connectivity index (χ1v) is 9.06. The number of hydrogen-bond donors (Lipinski definition) is 0. The van der Waals surface area contributed by atoms with Gasteiger partial charge in [-0.3, -0.25) is 4.79 Å². The van der Waals surface area contributed by atoms with Crippen molar-refractivity contribution in [2.45, 2.75) is 37.8 Å². The van der Waals surface area contributed by atoms with Crippen LogP contribution in [0.3, 0.4) is 0 Å². The molecule has 0 radical (unpaired) electrons. The monoisotopic (exact) mass is 310 g/mol. The van der Waals surface area contributed by atoms with Crippen LogP contribution in [-0.4, -0.2) is 12.0 Å². The summed E-state index contributed by atoms with van der Waals surface area (Å²) in [4.78, 5) is 14.6. The predicted molar refractivity (Wildman–Crippen MR) is 88.1 cm³/mol. The van der Waals surface area contributed by atoms with E-state index in [1.807, 2.05) is 23.1 Å². The lowest BCUT2D eigenvalue weighted by atomic mass is 10.1. The van der Waals surface area contributed by atoms with Gasteiger partial charge in [0.05, 0.1) is 9.09 Å². The Kier molecular flexibility index (Phi) is 5.25. The first-order chi connectivity index (χ1) is 9.15. The summed E-state index contributed by atoms with van der Waals surface area (Å²) in [6, 6.07) is 4.35. The van der Waals surface area contributed by atoms with Crippen molar-refractivity contribution in [3.05, 3.63) is 26.8 Å². The average molecular weight is 311 g/mol. The Balaban J connectivity index is 2.35. The summed E-state index contributed by atoms with van der Waals surface area (Å²) >= 11 is 5.35. The first kappa shape index (κ1) is 14.8. The standard InChI is InChI=1S/C15H18OS3/c1-4-5-6-17-15-13(8-11(3)19-15)12-7-10(2)18-14(12)9-16/h7-9H,4-6H2,1-3H3. The van der Waals surface area contributed by atoms with E-state index in [1.54, 1.807) is 11.3 Å². The van der Waals surface area contributed by atoms with Gasteiger partial charge in [0.15, 0.2) is 6.29 Å². The van der Waals surface area contributed by atoms with Crippen molar-refractivity contribution in [2.75, 3.05) is 5.75 Å². The van der Waals surface area contributed by atoms with Crippen molar-refractivity contribution in [3.63, 3.8) is 0 Å². The molecular weight excluding hydrogens is 292 g/mol. The summed E-state index contributed by atoms with van der Waals surface area (Å²) in [5.41, 5.74) is 2.36. The number of aryl methyl sites for hydroxylation is 2. The minimum Gasteiger partial charge on any atom is -0.297 e. The minimum absolute atomic E-state index is 0.854. The Hall–Kier alpha value is -0.580. The number of unbranched alkanes of at least 4 members (excludes halogenated alkanes) is 1. The van der Waals surface area contributed by atoms with Crippen LogP contribution in [0.2, 0.25) is 0 Å². The van der Waals surface area contributed by atoms with Crippen LogP contribution in [0.4, 0.5) is 0 Å². The molecule has 19 heavy (non-hydrogen) atoms. The van der Waals surface area contributed by atoms with Crippen LogP contribution < -0.4 is 0 Å². The van der Waals surface area contributed by atoms with Crippen LogP contribution in [0.1, 0.15) is 39.2 Å². The molecule has 102 valence electrons. The highest BCUT2D eigenvalue weighted by Crippen LogP contribution is 2.42. The molecule has 0 unspecified atom stereocenters. The third-order valence-corrected chi connectivity index (χ3v) is 6.23. The smallest absolute Gasteiger partial charge is 0.160 e. The fourth-order valence-electron chi connectivity index (χ4n) is 1.93. The summed E-state index contributed by atoms with van der Waals surface area (Å²) < 4.78 is 1.35. The van der Waals surface area contributed by atoms with Gasteiger partial charge in [-0.25, -0.2) is 0 Å². The van der Waals surface area contributed by atoms with Gasteiger partial charge < -0.3 is 0 Å².